The molecule has 21 heavy (non-hydrogen) atoms. The van der Waals surface area contributed by atoms with Crippen LogP contribution in [0, 0.1) is 0 Å². The monoisotopic (exact) mass is 291 g/mol. The van der Waals surface area contributed by atoms with Crippen LogP contribution in [0.25, 0.3) is 0 Å². The van der Waals surface area contributed by atoms with Gasteiger partial charge in [0.25, 0.3) is 5.91 Å². The predicted octanol–water partition coefficient (Wildman–Crippen LogP) is 1.86. The molecular weight excluding hydrogens is 270 g/mol. The Kier molecular flexibility index (Phi) is 7.01. The van der Waals surface area contributed by atoms with Crippen molar-refractivity contribution in [2.45, 2.75) is 26.4 Å². The Balaban J connectivity index is 2.43. The molecule has 0 aliphatic heterocycles. The first-order valence-electron chi connectivity index (χ1n) is 6.80. The molecule has 0 atom stereocenters. The highest BCUT2D eigenvalue weighted by Gasteiger charge is 2.09. The molecule has 0 aliphatic carbocycles. The normalized spacial score (nSPS) is 10.0. The van der Waals surface area contributed by atoms with E-state index in [1.807, 2.05) is 32.0 Å². The fourth-order valence-electron chi connectivity index (χ4n) is 1.60. The number of rotatable bonds is 8. The minimum absolute atomic E-state index is 0.0701. The number of carbonyl (C=O) groups excluding carboxylic acids is 2. The number of hydrogen-bond acceptors (Lipinski definition) is 4. The van der Waals surface area contributed by atoms with Crippen molar-refractivity contribution in [3.8, 4) is 5.75 Å². The van der Waals surface area contributed by atoms with Crippen LogP contribution in [0.3, 0.4) is 0 Å². The second-order valence-electron chi connectivity index (χ2n) is 4.74. The second kappa shape index (κ2) is 8.79. The molecule has 0 aliphatic rings. The molecule has 0 saturated carbocycles. The van der Waals surface area contributed by atoms with E-state index >= 15 is 0 Å². The van der Waals surface area contributed by atoms with Gasteiger partial charge in [-0.2, -0.15) is 0 Å². The summed E-state index contributed by atoms with van der Waals surface area (Å²) in [4.78, 5) is 22.9. The number of benzene rings is 1. The van der Waals surface area contributed by atoms with Crippen molar-refractivity contribution in [1.29, 1.82) is 0 Å². The van der Waals surface area contributed by atoms with Gasteiger partial charge in [-0.05, 0) is 31.5 Å². The minimum Gasteiger partial charge on any atom is -0.491 e. The molecule has 0 spiro atoms. The fraction of sp³-hybridized carbons (Fsp3) is 0.375. The van der Waals surface area contributed by atoms with Gasteiger partial charge in [0.1, 0.15) is 5.75 Å². The van der Waals surface area contributed by atoms with E-state index in [0.717, 1.165) is 5.56 Å². The summed E-state index contributed by atoms with van der Waals surface area (Å²) in [7, 11) is 0. The molecule has 0 heterocycles. The molecule has 5 heteroatoms. The van der Waals surface area contributed by atoms with Gasteiger partial charge < -0.3 is 14.8 Å². The number of hydrogen-bond donors (Lipinski definition) is 1. The summed E-state index contributed by atoms with van der Waals surface area (Å²) in [5.41, 5.74) is 0.782. The Hall–Kier alpha value is -2.30. The van der Waals surface area contributed by atoms with Gasteiger partial charge in [0, 0.05) is 6.54 Å². The first kappa shape index (κ1) is 16.8. The highest BCUT2D eigenvalue weighted by atomic mass is 16.5. The lowest BCUT2D eigenvalue weighted by molar-refractivity contribution is -0.147. The molecule has 0 aromatic heterocycles. The Morgan fingerprint density at radius 3 is 2.81 bits per heavy atom. The summed E-state index contributed by atoms with van der Waals surface area (Å²) in [6, 6.07) is 7.25. The third-order valence-electron chi connectivity index (χ3n) is 2.43. The first-order valence-corrected chi connectivity index (χ1v) is 6.80. The average molecular weight is 291 g/mol. The molecule has 1 aromatic rings. The Morgan fingerprint density at radius 1 is 1.38 bits per heavy atom. The van der Waals surface area contributed by atoms with Crippen LogP contribution < -0.4 is 10.1 Å². The van der Waals surface area contributed by atoms with Crippen LogP contribution in [-0.4, -0.2) is 31.1 Å². The van der Waals surface area contributed by atoms with Gasteiger partial charge in [0.2, 0.25) is 0 Å². The Morgan fingerprint density at radius 2 is 2.14 bits per heavy atom. The van der Waals surface area contributed by atoms with Crippen LogP contribution in [0.1, 0.15) is 19.4 Å². The van der Waals surface area contributed by atoms with E-state index < -0.39 is 5.97 Å². The molecule has 1 rings (SSSR count). The molecule has 0 bridgehead atoms. The molecule has 0 radical (unpaired) electrons. The fourth-order valence-corrected chi connectivity index (χ4v) is 1.60. The lowest BCUT2D eigenvalue weighted by atomic mass is 10.1. The summed E-state index contributed by atoms with van der Waals surface area (Å²) in [6.07, 6.45) is 1.73. The Labute approximate surface area is 124 Å². The Bertz CT molecular complexity index is 497. The zero-order valence-electron chi connectivity index (χ0n) is 12.4. The van der Waals surface area contributed by atoms with Crippen molar-refractivity contribution in [3.05, 3.63) is 42.5 Å². The van der Waals surface area contributed by atoms with Crippen LogP contribution in [-0.2, 0) is 20.7 Å². The average Bonchev–Trinajstić information content (AvgIpc) is 2.42. The third-order valence-corrected chi connectivity index (χ3v) is 2.43. The first-order chi connectivity index (χ1) is 10.0. The molecule has 0 unspecified atom stereocenters. The third kappa shape index (κ3) is 7.15. The highest BCUT2D eigenvalue weighted by Crippen LogP contribution is 2.15. The maximum absolute atomic E-state index is 11.7. The van der Waals surface area contributed by atoms with Crippen LogP contribution in [0.4, 0.5) is 0 Å². The van der Waals surface area contributed by atoms with E-state index in [1.54, 1.807) is 12.1 Å². The summed E-state index contributed by atoms with van der Waals surface area (Å²) in [6.45, 7) is 7.41. The molecule has 5 nitrogen and oxygen atoms in total. The van der Waals surface area contributed by atoms with Crippen molar-refractivity contribution in [3.63, 3.8) is 0 Å². The van der Waals surface area contributed by atoms with E-state index in [2.05, 4.69) is 11.9 Å². The van der Waals surface area contributed by atoms with Crippen LogP contribution >= 0.6 is 0 Å². The standard InChI is InChI=1S/C16H21NO4/c1-4-8-17-15(18)11-20-16(19)10-13-6-5-7-14(9-13)21-12(2)3/h4-7,9,12H,1,8,10-11H2,2-3H3,(H,17,18). The van der Waals surface area contributed by atoms with Crippen LogP contribution in [0.15, 0.2) is 36.9 Å². The van der Waals surface area contributed by atoms with Crippen molar-refractivity contribution in [2.24, 2.45) is 0 Å². The van der Waals surface area contributed by atoms with Gasteiger partial charge in [-0.25, -0.2) is 0 Å². The molecule has 1 aromatic carbocycles. The summed E-state index contributed by atoms with van der Waals surface area (Å²) in [5.74, 6) is -0.0929. The molecule has 1 N–H and O–H groups in total. The van der Waals surface area contributed by atoms with Gasteiger partial charge in [-0.15, -0.1) is 6.58 Å². The SMILES string of the molecule is C=CCNC(=O)COC(=O)Cc1cccc(OC(C)C)c1. The second-order valence-corrected chi connectivity index (χ2v) is 4.74. The number of ether oxygens (including phenoxy) is 2. The van der Waals surface area contributed by atoms with Gasteiger partial charge in [-0.3, -0.25) is 9.59 Å². The maximum atomic E-state index is 11.7. The molecule has 114 valence electrons. The predicted molar refractivity (Wildman–Crippen MR) is 80.1 cm³/mol. The summed E-state index contributed by atoms with van der Waals surface area (Å²) >= 11 is 0. The van der Waals surface area contributed by atoms with Gasteiger partial charge in [0.05, 0.1) is 12.5 Å². The molecular formula is C16H21NO4. The van der Waals surface area contributed by atoms with E-state index in [-0.39, 0.29) is 25.0 Å². The van der Waals surface area contributed by atoms with Crippen molar-refractivity contribution in [2.75, 3.05) is 13.2 Å². The summed E-state index contributed by atoms with van der Waals surface area (Å²) < 4.78 is 10.5. The van der Waals surface area contributed by atoms with Crippen molar-refractivity contribution < 1.29 is 19.1 Å². The van der Waals surface area contributed by atoms with Crippen molar-refractivity contribution >= 4 is 11.9 Å². The van der Waals surface area contributed by atoms with Gasteiger partial charge in [0.15, 0.2) is 6.61 Å². The highest BCUT2D eigenvalue weighted by molar-refractivity contribution is 5.81. The minimum atomic E-state index is -0.453. The number of esters is 1. The van der Waals surface area contributed by atoms with Gasteiger partial charge in [-0.1, -0.05) is 18.2 Å². The smallest absolute Gasteiger partial charge is 0.310 e. The zero-order chi connectivity index (χ0) is 15.7. The van der Waals surface area contributed by atoms with E-state index in [1.165, 1.54) is 0 Å². The number of nitrogens with one attached hydrogen (secondary N) is 1. The quantitative estimate of drug-likeness (QED) is 0.586. The lowest BCUT2D eigenvalue weighted by Gasteiger charge is -2.10. The van der Waals surface area contributed by atoms with E-state index in [9.17, 15) is 9.59 Å². The van der Waals surface area contributed by atoms with E-state index in [4.69, 9.17) is 9.47 Å². The molecule has 1 amide bonds. The molecule has 0 fully saturated rings. The lowest BCUT2D eigenvalue weighted by Crippen LogP contribution is -2.29. The zero-order valence-corrected chi connectivity index (χ0v) is 12.4. The number of carbonyl (C=O) groups is 2. The van der Waals surface area contributed by atoms with Crippen LogP contribution in [0.2, 0.25) is 0 Å². The number of amides is 1. The van der Waals surface area contributed by atoms with Crippen LogP contribution in [0.5, 0.6) is 5.75 Å². The maximum Gasteiger partial charge on any atom is 0.310 e. The topological polar surface area (TPSA) is 64.6 Å². The van der Waals surface area contributed by atoms with E-state index in [0.29, 0.717) is 12.3 Å². The van der Waals surface area contributed by atoms with Gasteiger partial charge >= 0.3 is 5.97 Å². The largest absolute Gasteiger partial charge is 0.491 e. The summed E-state index contributed by atoms with van der Waals surface area (Å²) in [5, 5.41) is 2.53. The van der Waals surface area contributed by atoms with Crippen molar-refractivity contribution in [1.82, 2.24) is 5.32 Å². The molecule has 0 saturated heterocycles.